The number of pyridine rings is 7. The highest BCUT2D eigenvalue weighted by Crippen LogP contribution is 2.36. The normalized spacial score (nSPS) is 14.7. The van der Waals surface area contributed by atoms with E-state index in [1.54, 1.807) is 27.1 Å². The van der Waals surface area contributed by atoms with Crippen LogP contribution in [0.4, 0.5) is 45.6 Å². The van der Waals surface area contributed by atoms with Crippen molar-refractivity contribution in [3.63, 3.8) is 0 Å². The number of ether oxygens (including phenoxy) is 7. The van der Waals surface area contributed by atoms with E-state index in [1.165, 1.54) is 71.1 Å². The number of quaternary nitrogens is 6. The second-order valence-electron chi connectivity index (χ2n) is 38.0. The van der Waals surface area contributed by atoms with Crippen LogP contribution in [-0.4, -0.2) is 312 Å². The van der Waals surface area contributed by atoms with Gasteiger partial charge in [-0.15, -0.1) is 35.7 Å². The van der Waals surface area contributed by atoms with Gasteiger partial charge in [-0.3, -0.25) is 4.48 Å². The average Bonchev–Trinajstić information content (AvgIpc) is 1.61. The van der Waals surface area contributed by atoms with Gasteiger partial charge in [-0.2, -0.15) is 0 Å². The molecule has 15 aromatic rings. The molecule has 4 aliphatic heterocycles. The van der Waals surface area contributed by atoms with Gasteiger partial charge in [0.05, 0.1) is 166 Å². The number of hydrogen-bond donors (Lipinski definition) is 8. The standard InChI is InChI=1S/C16H27N4O.C15H23N4O.C14H18N5O2.C14H21N4O2.C14H21N4O.C12H19N4O.C12H17N4.7CH3/c1-12(2)20(5,13(3)4)10-11-21-16-15(17)14-8-6-7-9-19(14)18-16;1-19(9-5-2-6-10-19)11-12-20-15-14(16)13-7-3-4-8-18(13)17-15;15-13-12-3-1-2-4-19(12)16-14(13)21-10-8-18-6-5-17(11-18)7-9-20;1-18(6-9-19-10-7-18)8-11-20-14-13(15)12-4-2-3-5-17(12)16-14;1-18(8-4-5-9-18)10-11-19-14-13(15)12-6-2-3-7-17(12)16-14;1-16(2,3)8-9-17-12-11(13)10-6-4-5-7-15(10)14-12;1-16(8-4-5-9-16)12-11(13)10-6-2-3-7-15(10)14-12;;;;;;;/h6-9,12-13H,10-11,17H2,1-5H3;3-4,7-8H,2,5-6,9-12,16H2,1H3;1-6,11,20H,7-10,15H2;2-5H,6-11,15H2,1H3;2-3,6-7H,4-5,8-11,15H2,1H3;4-7H,8-9,13H2,1-3H3;2-3,6-7H,4-5,8-9,13H2,1H3;7*1H3/q7*+1;7*-1. The van der Waals surface area contributed by atoms with Crippen LogP contribution in [0, 0.1) is 52.0 Å². The van der Waals surface area contributed by atoms with E-state index in [4.69, 9.17) is 78.4 Å². The molecule has 15 aromatic heterocycles. The van der Waals surface area contributed by atoms with E-state index >= 15 is 0 Å². The Morgan fingerprint density at radius 1 is 0.355 bits per heavy atom. The second kappa shape index (κ2) is 53.1. The Morgan fingerprint density at radius 2 is 0.631 bits per heavy atom. The first-order valence-corrected chi connectivity index (χ1v) is 47.0. The number of aromatic nitrogens is 16. The van der Waals surface area contributed by atoms with E-state index in [0.717, 1.165) is 149 Å². The van der Waals surface area contributed by atoms with E-state index < -0.39 is 0 Å². The average molecular weight is 1950 g/mol. The summed E-state index contributed by atoms with van der Waals surface area (Å²) in [5, 5.41) is 39.6. The van der Waals surface area contributed by atoms with Crippen molar-refractivity contribution in [3.05, 3.63) is 241 Å². The van der Waals surface area contributed by atoms with Crippen molar-refractivity contribution in [1.82, 2.24) is 76.3 Å². The molecule has 37 heteroatoms. The van der Waals surface area contributed by atoms with Crippen molar-refractivity contribution in [2.24, 2.45) is 0 Å². The van der Waals surface area contributed by atoms with Gasteiger partial charge in [-0.1, -0.05) is 42.5 Å². The quantitative estimate of drug-likeness (QED) is 0.0123. The van der Waals surface area contributed by atoms with E-state index in [9.17, 15) is 0 Å². The minimum absolute atomic E-state index is 0. The molecule has 15 N–H and O–H groups in total. The van der Waals surface area contributed by atoms with Gasteiger partial charge in [0.2, 0.25) is 6.33 Å². The Balaban J connectivity index is 0.000000250. The Labute approximate surface area is 837 Å². The smallest absolute Gasteiger partial charge is 0.270 e. The molecule has 0 amide bonds. The van der Waals surface area contributed by atoms with Gasteiger partial charge in [-0.05, 0) is 132 Å². The van der Waals surface area contributed by atoms with E-state index in [2.05, 4.69) is 120 Å². The molecule has 4 aliphatic rings. The summed E-state index contributed by atoms with van der Waals surface area (Å²) in [6.45, 7) is 29.9. The molecule has 0 bridgehead atoms. The van der Waals surface area contributed by atoms with Crippen molar-refractivity contribution >= 4 is 84.2 Å². The van der Waals surface area contributed by atoms with Crippen LogP contribution in [0.25, 0.3) is 38.6 Å². The van der Waals surface area contributed by atoms with Crippen LogP contribution >= 0.6 is 0 Å². The van der Waals surface area contributed by atoms with Crippen LogP contribution in [0.15, 0.2) is 189 Å². The fourth-order valence-corrected chi connectivity index (χ4v) is 17.1. The number of anilines is 7. The maximum absolute atomic E-state index is 8.87. The number of hydrogen-bond acceptors (Lipinski definition) is 22. The zero-order chi connectivity index (χ0) is 95.2. The summed E-state index contributed by atoms with van der Waals surface area (Å²) in [5.41, 5.74) is 53.3. The predicted octanol–water partition coefficient (Wildman–Crippen LogP) is 12.7. The molecule has 0 saturated carbocycles. The number of aliphatic hydroxyl groups excluding tert-OH is 1. The maximum atomic E-state index is 8.87. The van der Waals surface area contributed by atoms with Gasteiger partial charge in [0.1, 0.15) is 151 Å². The van der Waals surface area contributed by atoms with E-state index in [1.807, 2.05) is 203 Å². The molecule has 4 fully saturated rings. The number of nitrogens with zero attached hydrogens (tertiary/aromatic N) is 22. The molecule has 0 aliphatic carbocycles. The van der Waals surface area contributed by atoms with Crippen molar-refractivity contribution in [1.29, 1.82) is 0 Å². The summed E-state index contributed by atoms with van der Waals surface area (Å²) in [6.07, 6.45) is 28.1. The fourth-order valence-electron chi connectivity index (χ4n) is 17.1. The Morgan fingerprint density at radius 3 is 0.929 bits per heavy atom. The largest absolute Gasteiger partial charge is 0.471 e. The molecular formula is C104H167N29O8. The van der Waals surface area contributed by atoms with Gasteiger partial charge in [-0.25, -0.2) is 40.7 Å². The lowest BCUT2D eigenvalue weighted by Crippen LogP contribution is -2.56. The summed E-state index contributed by atoms with van der Waals surface area (Å²) < 4.78 is 62.0. The molecule has 4 saturated heterocycles. The third kappa shape index (κ3) is 30.1. The van der Waals surface area contributed by atoms with Crippen molar-refractivity contribution in [3.8, 4) is 35.3 Å². The number of nitrogen functional groups attached to an aromatic ring is 7. The van der Waals surface area contributed by atoms with Crippen LogP contribution < -0.4 is 77.6 Å². The lowest BCUT2D eigenvalue weighted by atomic mass is 10.1. The number of likely N-dealkylation sites (N-methyl/N-ethyl adjacent to an activating group) is 5. The third-order valence-corrected chi connectivity index (χ3v) is 26.5. The summed E-state index contributed by atoms with van der Waals surface area (Å²) in [7, 11) is 17.7. The first-order valence-electron chi connectivity index (χ1n) is 47.0. The lowest BCUT2D eigenvalue weighted by molar-refractivity contribution is -0.949. The topological polar surface area (TPSA) is 397 Å². The molecule has 19 heterocycles. The Hall–Kier alpha value is -12.9. The maximum Gasteiger partial charge on any atom is 0.270 e. The number of morpholine rings is 1. The highest BCUT2D eigenvalue weighted by molar-refractivity contribution is 5.81. The number of likely N-dealkylation sites (tertiary alicyclic amines) is 3. The van der Waals surface area contributed by atoms with Gasteiger partial charge in [0.15, 0.2) is 0 Å². The molecule has 0 atom stereocenters. The number of aliphatic hydroxyl groups is 1. The van der Waals surface area contributed by atoms with Crippen molar-refractivity contribution < 1.29 is 65.2 Å². The minimum Gasteiger partial charge on any atom is -0.471 e. The first kappa shape index (κ1) is 117. The van der Waals surface area contributed by atoms with Crippen molar-refractivity contribution in [2.45, 2.75) is 97.8 Å². The van der Waals surface area contributed by atoms with E-state index in [-0.39, 0.29) is 58.6 Å². The van der Waals surface area contributed by atoms with Gasteiger partial charge in [0, 0.05) is 69.1 Å². The second-order valence-corrected chi connectivity index (χ2v) is 38.0. The van der Waals surface area contributed by atoms with Crippen LogP contribution in [0.1, 0.15) is 72.6 Å². The molecule has 0 spiro atoms. The summed E-state index contributed by atoms with van der Waals surface area (Å²) in [6, 6.07) is 41.9. The molecule has 776 valence electrons. The third-order valence-electron chi connectivity index (χ3n) is 26.5. The SMILES string of the molecule is CC(C)[N+](C)(CCOc1nn2ccccc2c1N)C(C)C.C[N+](C)(C)CCOc1nn2ccccc2c1N.C[N+]1(CCOc2nn3ccccc3c2N)CCCC1.C[N+]1(CCOc2nn3ccccc3c2N)CCCCC1.C[N+]1(CCOc2nn3ccccc3c2N)CCOCC1.C[N+]1(c2nn3ccccc3c2N)CCCC1.Nc1c(OCCn2cc[n+](CCO)c2)nn2ccccc12.[CH3-].[CH3-].[CH3-].[CH3-].[CH3-].[CH3-].[CH3-]. The number of imidazole rings is 1. The number of nitrogens with two attached hydrogens (primary N) is 7. The summed E-state index contributed by atoms with van der Waals surface area (Å²) in [5.74, 6) is 4.16. The molecule has 37 nitrogen and oxygen atoms in total. The number of fused-ring (bicyclic) bond motifs is 7. The number of piperidine rings is 1. The zero-order valence-electron chi connectivity index (χ0n) is 87.7. The molecule has 0 aromatic carbocycles. The monoisotopic (exact) mass is 1950 g/mol. The van der Waals surface area contributed by atoms with E-state index in [0.29, 0.717) is 134 Å². The molecule has 0 radical (unpaired) electrons. The Bertz CT molecular complexity index is 6100. The van der Waals surface area contributed by atoms with Gasteiger partial charge >= 0.3 is 0 Å². The molecule has 19 rings (SSSR count). The van der Waals surface area contributed by atoms with Gasteiger partial charge in [0.25, 0.3) is 41.1 Å². The van der Waals surface area contributed by atoms with Crippen LogP contribution in [0.5, 0.6) is 35.3 Å². The zero-order valence-corrected chi connectivity index (χ0v) is 87.7. The van der Waals surface area contributed by atoms with Crippen LogP contribution in [0.2, 0.25) is 0 Å². The van der Waals surface area contributed by atoms with Crippen molar-refractivity contribution in [2.75, 3.05) is 241 Å². The predicted molar refractivity (Wildman–Crippen MR) is 574 cm³/mol. The highest BCUT2D eigenvalue weighted by atomic mass is 16.5. The Kier molecular flexibility index (Phi) is 44.0. The highest BCUT2D eigenvalue weighted by Gasteiger charge is 2.36. The fraction of sp³-hybridized carbons (Fsp3) is 0.433. The lowest BCUT2D eigenvalue weighted by Gasteiger charge is -2.42. The summed E-state index contributed by atoms with van der Waals surface area (Å²) in [4.78, 5) is 0. The van der Waals surface area contributed by atoms with Crippen LogP contribution in [0.3, 0.4) is 0 Å². The first-order chi connectivity index (χ1) is 64.4. The minimum atomic E-state index is 0. The molecule has 0 unspecified atom stereocenters. The van der Waals surface area contributed by atoms with Gasteiger partial charge < -0.3 is 153 Å². The molecular weight excluding hydrogens is 1780 g/mol. The van der Waals surface area contributed by atoms with Crippen LogP contribution in [-0.2, 0) is 17.8 Å². The summed E-state index contributed by atoms with van der Waals surface area (Å²) >= 11 is 0. The number of rotatable bonds is 29. The molecule has 141 heavy (non-hydrogen) atoms.